The summed E-state index contributed by atoms with van der Waals surface area (Å²) in [7, 11) is 0. The van der Waals surface area contributed by atoms with E-state index < -0.39 is 11.7 Å². The Kier molecular flexibility index (Phi) is 6.15. The second kappa shape index (κ2) is 9.77. The highest BCUT2D eigenvalue weighted by molar-refractivity contribution is 5.84. The van der Waals surface area contributed by atoms with Crippen molar-refractivity contribution in [3.63, 3.8) is 0 Å². The Balaban J connectivity index is 1.35. The molecule has 0 atom stereocenters. The molecule has 3 aromatic heterocycles. The molecule has 10 heteroatoms. The molecule has 4 heterocycles. The first-order valence-corrected chi connectivity index (χ1v) is 12.3. The molecule has 0 saturated carbocycles. The van der Waals surface area contributed by atoms with Gasteiger partial charge in [0, 0.05) is 32.0 Å². The van der Waals surface area contributed by atoms with Crippen LogP contribution in [0.2, 0.25) is 0 Å². The molecule has 1 N–H and O–H groups in total. The van der Waals surface area contributed by atoms with Gasteiger partial charge in [0.15, 0.2) is 17.0 Å². The summed E-state index contributed by atoms with van der Waals surface area (Å²) in [5.74, 6) is 1.17. The molecule has 6 rings (SSSR count). The number of nitrogens with one attached hydrogen (secondary N) is 1. The monoisotopic (exact) mass is 515 g/mol. The Labute approximate surface area is 217 Å². The van der Waals surface area contributed by atoms with Gasteiger partial charge in [0.05, 0.1) is 18.4 Å². The highest BCUT2D eigenvalue weighted by Gasteiger charge is 2.30. The minimum Gasteiger partial charge on any atom is -0.364 e. The van der Waals surface area contributed by atoms with Crippen molar-refractivity contribution < 1.29 is 13.2 Å². The number of hydrogen-bond acceptors (Lipinski definition) is 6. The molecule has 1 aliphatic heterocycles. The van der Waals surface area contributed by atoms with Crippen molar-refractivity contribution in [1.29, 1.82) is 0 Å². The van der Waals surface area contributed by atoms with Gasteiger partial charge in [-0.2, -0.15) is 23.1 Å². The van der Waals surface area contributed by atoms with E-state index in [2.05, 4.69) is 38.4 Å². The SMILES string of the molecule is FC(F)(F)c1ccc(Cn2cnc3c(NCc4cccnc4)nc(N4CCc5ccccc5C4)nc32)cc1. The van der Waals surface area contributed by atoms with Gasteiger partial charge in [0.2, 0.25) is 5.95 Å². The minimum atomic E-state index is -4.37. The number of halogens is 3. The van der Waals surface area contributed by atoms with Crippen LogP contribution in [0.5, 0.6) is 0 Å². The fourth-order valence-electron chi connectivity index (χ4n) is 4.66. The van der Waals surface area contributed by atoms with Crippen LogP contribution in [-0.2, 0) is 32.2 Å². The van der Waals surface area contributed by atoms with Crippen molar-refractivity contribution in [2.45, 2.75) is 32.2 Å². The van der Waals surface area contributed by atoms with Crippen LogP contribution in [0.4, 0.5) is 24.9 Å². The van der Waals surface area contributed by atoms with Crippen molar-refractivity contribution in [1.82, 2.24) is 24.5 Å². The summed E-state index contributed by atoms with van der Waals surface area (Å²) in [5.41, 5.74) is 4.82. The molecule has 0 radical (unpaired) electrons. The Bertz CT molecular complexity index is 1560. The van der Waals surface area contributed by atoms with E-state index >= 15 is 0 Å². The van der Waals surface area contributed by atoms with Crippen LogP contribution in [0.3, 0.4) is 0 Å². The largest absolute Gasteiger partial charge is 0.416 e. The number of hydrogen-bond donors (Lipinski definition) is 1. The summed E-state index contributed by atoms with van der Waals surface area (Å²) >= 11 is 0. The van der Waals surface area contributed by atoms with Crippen LogP contribution < -0.4 is 10.2 Å². The quantitative estimate of drug-likeness (QED) is 0.324. The molecule has 0 amide bonds. The Morgan fingerprint density at radius 2 is 1.71 bits per heavy atom. The van der Waals surface area contributed by atoms with E-state index in [1.54, 1.807) is 18.7 Å². The first-order valence-electron chi connectivity index (χ1n) is 12.3. The number of imidazole rings is 1. The van der Waals surface area contributed by atoms with Gasteiger partial charge < -0.3 is 14.8 Å². The van der Waals surface area contributed by atoms with Crippen molar-refractivity contribution in [2.75, 3.05) is 16.8 Å². The number of nitrogens with zero attached hydrogens (tertiary/aromatic N) is 6. The molecule has 38 heavy (non-hydrogen) atoms. The predicted octanol–water partition coefficient (Wildman–Crippen LogP) is 5.46. The Morgan fingerprint density at radius 1 is 0.895 bits per heavy atom. The standard InChI is InChI=1S/C28H24F3N7/c29-28(30,31)23-9-7-19(8-10-23)16-38-18-34-24-25(33-15-20-4-3-12-32-14-20)35-27(36-26(24)38)37-13-11-21-5-1-2-6-22(21)17-37/h1-10,12,14,18H,11,13,15-17H2,(H,33,35,36). The fraction of sp³-hybridized carbons (Fsp3) is 0.214. The van der Waals surface area contributed by atoms with Crippen molar-refractivity contribution >= 4 is 22.9 Å². The average molecular weight is 516 g/mol. The van der Waals surface area contributed by atoms with Gasteiger partial charge in [-0.15, -0.1) is 0 Å². The van der Waals surface area contributed by atoms with E-state index in [4.69, 9.17) is 9.97 Å². The maximum absolute atomic E-state index is 13.0. The summed E-state index contributed by atoms with van der Waals surface area (Å²) in [6.07, 6.45) is 1.69. The number of pyridine rings is 1. The molecule has 2 aromatic carbocycles. The summed E-state index contributed by atoms with van der Waals surface area (Å²) in [4.78, 5) is 20.6. The zero-order chi connectivity index (χ0) is 26.1. The van der Waals surface area contributed by atoms with E-state index in [1.807, 2.05) is 22.8 Å². The van der Waals surface area contributed by atoms with Crippen LogP contribution >= 0.6 is 0 Å². The lowest BCUT2D eigenvalue weighted by atomic mass is 10.0. The molecule has 1 aliphatic rings. The van der Waals surface area contributed by atoms with E-state index in [0.29, 0.717) is 48.1 Å². The molecule has 0 fully saturated rings. The molecule has 0 unspecified atom stereocenters. The maximum atomic E-state index is 13.0. The normalized spacial score (nSPS) is 13.5. The molecule has 0 saturated heterocycles. The molecule has 5 aromatic rings. The second-order valence-corrected chi connectivity index (χ2v) is 9.27. The summed E-state index contributed by atoms with van der Waals surface area (Å²) in [5, 5.41) is 3.39. The minimum absolute atomic E-state index is 0.329. The van der Waals surface area contributed by atoms with E-state index in [-0.39, 0.29) is 0 Å². The first-order chi connectivity index (χ1) is 18.4. The van der Waals surface area contributed by atoms with Crippen molar-refractivity contribution in [3.05, 3.63) is 107 Å². The summed E-state index contributed by atoms with van der Waals surface area (Å²) in [6.45, 7) is 2.30. The van der Waals surface area contributed by atoms with Crippen LogP contribution in [0.25, 0.3) is 11.2 Å². The van der Waals surface area contributed by atoms with Crippen LogP contribution in [0.15, 0.2) is 79.4 Å². The van der Waals surface area contributed by atoms with Gasteiger partial charge in [-0.05, 0) is 46.9 Å². The van der Waals surface area contributed by atoms with Crippen molar-refractivity contribution in [3.8, 4) is 0 Å². The van der Waals surface area contributed by atoms with E-state index in [1.165, 1.54) is 23.3 Å². The van der Waals surface area contributed by atoms with E-state index in [0.717, 1.165) is 30.7 Å². The Hall–Kier alpha value is -4.47. The lowest BCUT2D eigenvalue weighted by Crippen LogP contribution is -2.32. The molecular formula is C28H24F3N7. The molecule has 192 valence electrons. The third-order valence-electron chi connectivity index (χ3n) is 6.68. The van der Waals surface area contributed by atoms with Gasteiger partial charge in [-0.25, -0.2) is 4.98 Å². The van der Waals surface area contributed by atoms with Gasteiger partial charge >= 0.3 is 6.18 Å². The predicted molar refractivity (Wildman–Crippen MR) is 139 cm³/mol. The highest BCUT2D eigenvalue weighted by Crippen LogP contribution is 2.30. The highest BCUT2D eigenvalue weighted by atomic mass is 19.4. The lowest BCUT2D eigenvalue weighted by Gasteiger charge is -2.29. The number of benzene rings is 2. The molecular weight excluding hydrogens is 491 g/mol. The lowest BCUT2D eigenvalue weighted by molar-refractivity contribution is -0.137. The Morgan fingerprint density at radius 3 is 2.47 bits per heavy atom. The average Bonchev–Trinajstić information content (AvgIpc) is 3.34. The summed E-state index contributed by atoms with van der Waals surface area (Å²) in [6, 6.07) is 17.4. The van der Waals surface area contributed by atoms with Gasteiger partial charge in [-0.3, -0.25) is 4.98 Å². The van der Waals surface area contributed by atoms with Crippen molar-refractivity contribution in [2.24, 2.45) is 0 Å². The number of anilines is 2. The molecule has 7 nitrogen and oxygen atoms in total. The van der Waals surface area contributed by atoms with Gasteiger partial charge in [0.1, 0.15) is 0 Å². The molecule has 0 bridgehead atoms. The molecule has 0 aliphatic carbocycles. The van der Waals surface area contributed by atoms with Gasteiger partial charge in [-0.1, -0.05) is 42.5 Å². The maximum Gasteiger partial charge on any atom is 0.416 e. The number of aromatic nitrogens is 5. The van der Waals surface area contributed by atoms with Crippen LogP contribution in [0, 0.1) is 0 Å². The first kappa shape index (κ1) is 23.9. The third-order valence-corrected chi connectivity index (χ3v) is 6.68. The second-order valence-electron chi connectivity index (χ2n) is 9.27. The zero-order valence-corrected chi connectivity index (χ0v) is 20.4. The smallest absolute Gasteiger partial charge is 0.364 e. The number of rotatable bonds is 6. The fourth-order valence-corrected chi connectivity index (χ4v) is 4.66. The van der Waals surface area contributed by atoms with Gasteiger partial charge in [0.25, 0.3) is 0 Å². The van der Waals surface area contributed by atoms with Crippen LogP contribution in [-0.4, -0.2) is 31.0 Å². The topological polar surface area (TPSA) is 71.8 Å². The third kappa shape index (κ3) is 4.89. The van der Waals surface area contributed by atoms with E-state index in [9.17, 15) is 13.2 Å². The summed E-state index contributed by atoms with van der Waals surface area (Å²) < 4.78 is 40.9. The van der Waals surface area contributed by atoms with Crippen LogP contribution in [0.1, 0.15) is 27.8 Å². The number of fused-ring (bicyclic) bond motifs is 2. The number of alkyl halides is 3. The molecule has 0 spiro atoms. The zero-order valence-electron chi connectivity index (χ0n) is 20.4.